The molecule has 1 N–H and O–H groups in total. The summed E-state index contributed by atoms with van der Waals surface area (Å²) >= 11 is 0. The number of fused-ring (bicyclic) bond motifs is 1. The molecule has 1 atom stereocenters. The van der Waals surface area contributed by atoms with E-state index in [2.05, 4.69) is 59.4 Å². The molecule has 26 heavy (non-hydrogen) atoms. The van der Waals surface area contributed by atoms with E-state index in [9.17, 15) is 4.79 Å². The Bertz CT molecular complexity index is 888. The van der Waals surface area contributed by atoms with Crippen molar-refractivity contribution in [2.75, 3.05) is 0 Å². The number of hydrogen-bond acceptors (Lipinski definition) is 1. The molecule has 0 fully saturated rings. The normalized spacial score (nSPS) is 19.7. The van der Waals surface area contributed by atoms with E-state index < -0.39 is 5.91 Å². The molecule has 0 spiro atoms. The summed E-state index contributed by atoms with van der Waals surface area (Å²) in [4.78, 5) is 12.0. The first-order chi connectivity index (χ1) is 12.1. The molecular weight excluding hydrogens is 318 g/mol. The minimum absolute atomic E-state index is 0.00966. The second-order valence-corrected chi connectivity index (χ2v) is 8.47. The molecule has 2 nitrogen and oxygen atoms in total. The lowest BCUT2D eigenvalue weighted by atomic mass is 9.77. The molecule has 0 heterocycles. The maximum absolute atomic E-state index is 12.0. The van der Waals surface area contributed by atoms with E-state index >= 15 is 0 Å². The van der Waals surface area contributed by atoms with Gasteiger partial charge in [0, 0.05) is 5.57 Å². The lowest BCUT2D eigenvalue weighted by molar-refractivity contribution is -0.114. The number of benzene rings is 1. The summed E-state index contributed by atoms with van der Waals surface area (Å²) in [7, 11) is 0. The number of allylic oxidation sites excluding steroid dienone is 4. The van der Waals surface area contributed by atoms with Crippen LogP contribution in [0.1, 0.15) is 63.3 Å². The van der Waals surface area contributed by atoms with Crippen LogP contribution in [0.25, 0.3) is 11.6 Å². The first-order valence-electron chi connectivity index (χ1n) is 9.38. The van der Waals surface area contributed by atoms with Crippen LogP contribution in [0.4, 0.5) is 0 Å². The zero-order valence-corrected chi connectivity index (χ0v) is 16.5. The van der Waals surface area contributed by atoms with Gasteiger partial charge in [0.05, 0.1) is 0 Å². The van der Waals surface area contributed by atoms with Crippen LogP contribution in [0.3, 0.4) is 0 Å². The standard InChI is InChI=1S/C24H28NO/c1-7-16-10-17-12-18(24(4,5)6)13-21(20(17)11-16)22-15(3)14(2)8-9-19(22)23(25)26/h8-10,12-14,25H,3,7,11H2,1-2,4-6H3. The molecule has 2 aliphatic carbocycles. The number of carbonyl (C=O) groups excluding carboxylic acids is 1. The summed E-state index contributed by atoms with van der Waals surface area (Å²) < 4.78 is 0. The van der Waals surface area contributed by atoms with Crippen LogP contribution in [0.2, 0.25) is 0 Å². The Hall–Kier alpha value is -2.35. The minimum atomic E-state index is -0.638. The second kappa shape index (κ2) is 6.42. The van der Waals surface area contributed by atoms with Crippen molar-refractivity contribution in [1.82, 2.24) is 5.73 Å². The van der Waals surface area contributed by atoms with Gasteiger partial charge in [-0.3, -0.25) is 10.5 Å². The van der Waals surface area contributed by atoms with Crippen molar-refractivity contribution >= 4 is 17.6 Å². The number of nitrogens with one attached hydrogen (secondary N) is 1. The van der Waals surface area contributed by atoms with Gasteiger partial charge in [-0.1, -0.05) is 77.1 Å². The van der Waals surface area contributed by atoms with Crippen LogP contribution < -0.4 is 5.73 Å². The summed E-state index contributed by atoms with van der Waals surface area (Å²) in [5.41, 5.74) is 16.3. The van der Waals surface area contributed by atoms with Gasteiger partial charge in [-0.05, 0) is 57.6 Å². The van der Waals surface area contributed by atoms with Crippen LogP contribution >= 0.6 is 0 Å². The molecule has 0 aliphatic heterocycles. The first-order valence-corrected chi connectivity index (χ1v) is 9.38. The topological polar surface area (TPSA) is 40.9 Å². The van der Waals surface area contributed by atoms with Crippen LogP contribution in [0.5, 0.6) is 0 Å². The molecule has 1 radical (unpaired) electrons. The molecule has 2 heteroatoms. The maximum atomic E-state index is 12.0. The van der Waals surface area contributed by atoms with Gasteiger partial charge < -0.3 is 0 Å². The van der Waals surface area contributed by atoms with E-state index in [0.29, 0.717) is 5.57 Å². The van der Waals surface area contributed by atoms with Gasteiger partial charge in [-0.2, -0.15) is 0 Å². The maximum Gasteiger partial charge on any atom is 0.270 e. The third kappa shape index (κ3) is 3.09. The van der Waals surface area contributed by atoms with Gasteiger partial charge in [0.25, 0.3) is 5.91 Å². The second-order valence-electron chi connectivity index (χ2n) is 8.47. The van der Waals surface area contributed by atoms with E-state index in [4.69, 9.17) is 5.73 Å². The summed E-state index contributed by atoms with van der Waals surface area (Å²) in [5, 5.41) is 0. The van der Waals surface area contributed by atoms with Crippen molar-refractivity contribution in [1.29, 1.82) is 0 Å². The molecule has 0 saturated heterocycles. The molecular formula is C24H28NO. The lowest BCUT2D eigenvalue weighted by Gasteiger charge is -2.27. The summed E-state index contributed by atoms with van der Waals surface area (Å²) in [5.74, 6) is -0.470. The van der Waals surface area contributed by atoms with Crippen molar-refractivity contribution < 1.29 is 4.79 Å². The molecule has 0 bridgehead atoms. The molecule has 0 saturated carbocycles. The minimum Gasteiger partial charge on any atom is -0.267 e. The van der Waals surface area contributed by atoms with E-state index in [1.54, 1.807) is 0 Å². The monoisotopic (exact) mass is 346 g/mol. The van der Waals surface area contributed by atoms with Gasteiger partial charge in [0.15, 0.2) is 0 Å². The predicted molar refractivity (Wildman–Crippen MR) is 110 cm³/mol. The first kappa shape index (κ1) is 18.4. The molecule has 1 aromatic carbocycles. The summed E-state index contributed by atoms with van der Waals surface area (Å²) in [6, 6.07) is 4.51. The molecule has 135 valence electrons. The molecule has 0 aromatic heterocycles. The number of hydrogen-bond donors (Lipinski definition) is 0. The van der Waals surface area contributed by atoms with Crippen molar-refractivity contribution in [2.24, 2.45) is 5.92 Å². The van der Waals surface area contributed by atoms with E-state index in [1.165, 1.54) is 22.3 Å². The summed E-state index contributed by atoms with van der Waals surface area (Å²) in [6.45, 7) is 15.2. The number of amides is 1. The molecule has 3 rings (SSSR count). The largest absolute Gasteiger partial charge is 0.270 e. The highest BCUT2D eigenvalue weighted by atomic mass is 16.1. The van der Waals surface area contributed by atoms with Crippen LogP contribution in [-0.4, -0.2) is 5.91 Å². The zero-order chi connectivity index (χ0) is 19.2. The third-order valence-electron chi connectivity index (χ3n) is 5.57. The Labute approximate surface area is 157 Å². The van der Waals surface area contributed by atoms with E-state index in [-0.39, 0.29) is 11.3 Å². The molecule has 1 amide bonds. The predicted octanol–water partition coefficient (Wildman–Crippen LogP) is 5.66. The highest BCUT2D eigenvalue weighted by Crippen LogP contribution is 2.42. The Morgan fingerprint density at radius 1 is 1.31 bits per heavy atom. The highest BCUT2D eigenvalue weighted by molar-refractivity contribution is 6.07. The van der Waals surface area contributed by atoms with Crippen LogP contribution in [-0.2, 0) is 16.6 Å². The zero-order valence-electron chi connectivity index (χ0n) is 16.5. The van der Waals surface area contributed by atoms with Crippen molar-refractivity contribution in [2.45, 2.75) is 52.9 Å². The van der Waals surface area contributed by atoms with Gasteiger partial charge >= 0.3 is 0 Å². The Kier molecular flexibility index (Phi) is 4.56. The molecule has 2 aliphatic rings. The van der Waals surface area contributed by atoms with Gasteiger partial charge in [-0.25, -0.2) is 0 Å². The van der Waals surface area contributed by atoms with Gasteiger partial charge in [0.2, 0.25) is 0 Å². The Morgan fingerprint density at radius 2 is 2.00 bits per heavy atom. The summed E-state index contributed by atoms with van der Waals surface area (Å²) in [6.07, 6.45) is 8.02. The van der Waals surface area contributed by atoms with Crippen LogP contribution in [0, 0.1) is 5.92 Å². The smallest absolute Gasteiger partial charge is 0.267 e. The molecule has 1 aromatic rings. The van der Waals surface area contributed by atoms with Crippen molar-refractivity contribution in [3.8, 4) is 0 Å². The van der Waals surface area contributed by atoms with Gasteiger partial charge in [0.1, 0.15) is 0 Å². The molecule has 1 unspecified atom stereocenters. The highest BCUT2D eigenvalue weighted by Gasteiger charge is 2.28. The fraction of sp³-hybridized carbons (Fsp3) is 0.375. The number of rotatable bonds is 3. The average molecular weight is 346 g/mol. The average Bonchev–Trinajstić information content (AvgIpc) is 2.98. The Balaban J connectivity index is 2.32. The van der Waals surface area contributed by atoms with E-state index in [0.717, 1.165) is 29.6 Å². The van der Waals surface area contributed by atoms with Gasteiger partial charge in [-0.15, -0.1) is 0 Å². The van der Waals surface area contributed by atoms with Crippen molar-refractivity contribution in [3.63, 3.8) is 0 Å². The SMILES string of the molecule is C=C1C(c2cc(C(C)(C)C)cc3c2CC(CC)=C3)=C(C([NH])=O)C=CC1C. The third-order valence-corrected chi connectivity index (χ3v) is 5.57. The number of carbonyl (C=O) groups is 1. The fourth-order valence-corrected chi connectivity index (χ4v) is 3.75. The van der Waals surface area contributed by atoms with Crippen LogP contribution in [0.15, 0.2) is 47.6 Å². The fourth-order valence-electron chi connectivity index (χ4n) is 3.75. The van der Waals surface area contributed by atoms with E-state index in [1.807, 2.05) is 12.2 Å². The lowest BCUT2D eigenvalue weighted by Crippen LogP contribution is -2.16. The Morgan fingerprint density at radius 3 is 2.58 bits per heavy atom. The quantitative estimate of drug-likeness (QED) is 0.696. The van der Waals surface area contributed by atoms with Crippen molar-refractivity contribution in [3.05, 3.63) is 69.8 Å².